The smallest absolute Gasteiger partial charge is 0.343 e. The summed E-state index contributed by atoms with van der Waals surface area (Å²) in [7, 11) is 3.09. The first kappa shape index (κ1) is 30.0. The lowest BCUT2D eigenvalue weighted by molar-refractivity contribution is -0.142. The fraction of sp³-hybridized carbons (Fsp3) is 0.276. The van der Waals surface area contributed by atoms with Crippen molar-refractivity contribution in [3.05, 3.63) is 93.5 Å². The van der Waals surface area contributed by atoms with Crippen LogP contribution in [0.4, 0.5) is 0 Å². The Bertz CT molecular complexity index is 1270. The Morgan fingerprint density at radius 1 is 0.923 bits per heavy atom. The van der Waals surface area contributed by atoms with Crippen molar-refractivity contribution < 1.29 is 28.6 Å². The summed E-state index contributed by atoms with van der Waals surface area (Å²) in [6.07, 6.45) is 1.75. The monoisotopic (exact) mass is 572 g/mol. The maximum absolute atomic E-state index is 13.5. The zero-order valence-corrected chi connectivity index (χ0v) is 23.2. The Morgan fingerprint density at radius 3 is 2.23 bits per heavy atom. The van der Waals surface area contributed by atoms with Crippen LogP contribution in [0.25, 0.3) is 0 Å². The number of methoxy groups -OCH3 is 1. The molecular formula is C29H30Cl2N2O6. The molecule has 0 heterocycles. The number of benzene rings is 3. The van der Waals surface area contributed by atoms with Crippen LogP contribution in [0, 0.1) is 0 Å². The highest BCUT2D eigenvalue weighted by Gasteiger charge is 2.29. The molecule has 0 aromatic heterocycles. The average Bonchev–Trinajstić information content (AvgIpc) is 2.95. The van der Waals surface area contributed by atoms with Gasteiger partial charge < -0.3 is 24.8 Å². The predicted octanol–water partition coefficient (Wildman–Crippen LogP) is 5.11. The first-order chi connectivity index (χ1) is 18.8. The lowest BCUT2D eigenvalue weighted by Crippen LogP contribution is -2.43. The minimum atomic E-state index is -1.02. The van der Waals surface area contributed by atoms with Gasteiger partial charge in [0, 0.05) is 6.42 Å². The van der Waals surface area contributed by atoms with Crippen molar-refractivity contribution in [1.29, 1.82) is 0 Å². The van der Waals surface area contributed by atoms with Crippen molar-refractivity contribution in [2.45, 2.75) is 25.3 Å². The van der Waals surface area contributed by atoms with Crippen LogP contribution < -0.4 is 20.1 Å². The Hall–Kier alpha value is -3.59. The number of nitrogens with one attached hydrogen (secondary N) is 2. The van der Waals surface area contributed by atoms with E-state index in [9.17, 15) is 14.4 Å². The van der Waals surface area contributed by atoms with Crippen molar-refractivity contribution in [2.75, 3.05) is 27.3 Å². The normalized spacial score (nSPS) is 11.4. The van der Waals surface area contributed by atoms with Crippen LogP contribution in [-0.2, 0) is 16.0 Å². The molecule has 1 amide bonds. The molecule has 1 atom stereocenters. The molecule has 3 rings (SSSR count). The molecule has 0 aliphatic heterocycles. The molecule has 0 fully saturated rings. The van der Waals surface area contributed by atoms with E-state index in [2.05, 4.69) is 10.6 Å². The third-order valence-electron chi connectivity index (χ3n) is 5.72. The SMILES string of the molecule is CNCCCCOc1c(Cl)cc(C(=O)NC(Cc2ccccc2)C(=O)OC)c(OC(=O)c2ccccc2)c1Cl. The Morgan fingerprint density at radius 2 is 1.59 bits per heavy atom. The summed E-state index contributed by atoms with van der Waals surface area (Å²) in [5.41, 5.74) is 0.918. The zero-order valence-electron chi connectivity index (χ0n) is 21.7. The molecule has 1 unspecified atom stereocenters. The second kappa shape index (κ2) is 15.1. The Kier molecular flexibility index (Phi) is 11.6. The molecule has 0 aliphatic carbocycles. The van der Waals surface area contributed by atoms with E-state index in [0.717, 1.165) is 24.9 Å². The van der Waals surface area contributed by atoms with Crippen molar-refractivity contribution in [1.82, 2.24) is 10.6 Å². The first-order valence-electron chi connectivity index (χ1n) is 12.3. The topological polar surface area (TPSA) is 103 Å². The summed E-state index contributed by atoms with van der Waals surface area (Å²) >= 11 is 13.1. The highest BCUT2D eigenvalue weighted by atomic mass is 35.5. The van der Waals surface area contributed by atoms with E-state index in [1.54, 1.807) is 30.3 Å². The van der Waals surface area contributed by atoms with Crippen LogP contribution in [0.3, 0.4) is 0 Å². The number of hydrogen-bond acceptors (Lipinski definition) is 7. The lowest BCUT2D eigenvalue weighted by Gasteiger charge is -2.20. The van der Waals surface area contributed by atoms with Gasteiger partial charge in [-0.15, -0.1) is 0 Å². The number of halogens is 2. The van der Waals surface area contributed by atoms with E-state index in [0.29, 0.717) is 6.61 Å². The van der Waals surface area contributed by atoms with Gasteiger partial charge in [-0.05, 0) is 50.2 Å². The van der Waals surface area contributed by atoms with E-state index in [1.165, 1.54) is 13.2 Å². The number of ether oxygens (including phenoxy) is 3. The van der Waals surface area contributed by atoms with Crippen LogP contribution in [0.15, 0.2) is 66.7 Å². The largest absolute Gasteiger partial charge is 0.490 e. The highest BCUT2D eigenvalue weighted by molar-refractivity contribution is 6.39. The molecule has 0 saturated carbocycles. The third kappa shape index (κ3) is 8.45. The van der Waals surface area contributed by atoms with Crippen molar-refractivity contribution in [2.24, 2.45) is 0 Å². The summed E-state index contributed by atoms with van der Waals surface area (Å²) < 4.78 is 16.3. The Labute approximate surface area is 237 Å². The van der Waals surface area contributed by atoms with Crippen molar-refractivity contribution >= 4 is 41.0 Å². The van der Waals surface area contributed by atoms with Crippen molar-refractivity contribution in [3.63, 3.8) is 0 Å². The minimum Gasteiger partial charge on any atom is -0.490 e. The van der Waals surface area contributed by atoms with Gasteiger partial charge in [-0.3, -0.25) is 4.79 Å². The molecule has 0 radical (unpaired) electrons. The molecule has 39 heavy (non-hydrogen) atoms. The molecule has 3 aromatic rings. The van der Waals surface area contributed by atoms with Crippen LogP contribution in [0.5, 0.6) is 11.5 Å². The molecular weight excluding hydrogens is 543 g/mol. The number of carbonyl (C=O) groups excluding carboxylic acids is 3. The number of esters is 2. The number of unbranched alkanes of at least 4 members (excludes halogenated alkanes) is 1. The van der Waals surface area contributed by atoms with Gasteiger partial charge in [-0.2, -0.15) is 0 Å². The lowest BCUT2D eigenvalue weighted by atomic mass is 10.1. The van der Waals surface area contributed by atoms with Gasteiger partial charge in [0.1, 0.15) is 11.1 Å². The minimum absolute atomic E-state index is 0.0518. The molecule has 0 bridgehead atoms. The summed E-state index contributed by atoms with van der Waals surface area (Å²) in [5.74, 6) is -2.26. The van der Waals surface area contributed by atoms with E-state index in [-0.39, 0.29) is 39.1 Å². The van der Waals surface area contributed by atoms with Crippen LogP contribution in [0.2, 0.25) is 10.0 Å². The van der Waals surface area contributed by atoms with Gasteiger partial charge in [0.05, 0.1) is 29.9 Å². The van der Waals surface area contributed by atoms with Gasteiger partial charge >= 0.3 is 11.9 Å². The number of rotatable bonds is 13. The summed E-state index contributed by atoms with van der Waals surface area (Å²) in [5, 5.41) is 5.63. The fourth-order valence-corrected chi connectivity index (χ4v) is 4.31. The number of amides is 1. The highest BCUT2D eigenvalue weighted by Crippen LogP contribution is 2.43. The quantitative estimate of drug-likeness (QED) is 0.167. The maximum atomic E-state index is 13.5. The molecule has 0 spiro atoms. The van der Waals surface area contributed by atoms with Crippen LogP contribution in [-0.4, -0.2) is 51.2 Å². The Balaban J connectivity index is 1.94. The average molecular weight is 573 g/mol. The van der Waals surface area contributed by atoms with Gasteiger partial charge in [0.2, 0.25) is 0 Å². The van der Waals surface area contributed by atoms with Gasteiger partial charge in [0.25, 0.3) is 5.91 Å². The van der Waals surface area contributed by atoms with E-state index in [1.807, 2.05) is 37.4 Å². The summed E-state index contributed by atoms with van der Waals surface area (Å²) in [6.45, 7) is 1.12. The summed E-state index contributed by atoms with van der Waals surface area (Å²) in [4.78, 5) is 38.9. The van der Waals surface area contributed by atoms with Crippen LogP contribution >= 0.6 is 23.2 Å². The first-order valence-corrected chi connectivity index (χ1v) is 13.1. The van der Waals surface area contributed by atoms with E-state index < -0.39 is 23.9 Å². The van der Waals surface area contributed by atoms with E-state index >= 15 is 0 Å². The third-order valence-corrected chi connectivity index (χ3v) is 6.35. The maximum Gasteiger partial charge on any atom is 0.343 e. The fourth-order valence-electron chi connectivity index (χ4n) is 3.71. The van der Waals surface area contributed by atoms with E-state index in [4.69, 9.17) is 37.4 Å². The van der Waals surface area contributed by atoms with Gasteiger partial charge in [0.15, 0.2) is 11.5 Å². The molecule has 0 aliphatic rings. The molecule has 3 aromatic carbocycles. The molecule has 206 valence electrons. The molecule has 0 saturated heterocycles. The van der Waals surface area contributed by atoms with Gasteiger partial charge in [-0.1, -0.05) is 71.7 Å². The van der Waals surface area contributed by atoms with Gasteiger partial charge in [-0.25, -0.2) is 9.59 Å². The molecule has 2 N–H and O–H groups in total. The predicted molar refractivity (Wildman–Crippen MR) is 150 cm³/mol. The molecule has 8 nitrogen and oxygen atoms in total. The molecule has 10 heteroatoms. The summed E-state index contributed by atoms with van der Waals surface area (Å²) in [6, 6.07) is 17.7. The number of hydrogen-bond donors (Lipinski definition) is 2. The second-order valence-electron chi connectivity index (χ2n) is 8.53. The standard InChI is InChI=1S/C29H30Cl2N2O6/c1-32-15-9-10-16-38-26-22(30)18-21(25(24(26)31)39-28(35)20-13-7-4-8-14-20)27(34)33-23(29(36)37-2)17-19-11-5-3-6-12-19/h3-8,11-14,18,23,32H,9-10,15-17H2,1-2H3,(H,33,34). The van der Waals surface area contributed by atoms with Crippen LogP contribution in [0.1, 0.15) is 39.1 Å². The zero-order chi connectivity index (χ0) is 28.2. The number of carbonyl (C=O) groups is 3. The second-order valence-corrected chi connectivity index (χ2v) is 9.32. The van der Waals surface area contributed by atoms with Crippen molar-refractivity contribution in [3.8, 4) is 11.5 Å².